The fourth-order valence-corrected chi connectivity index (χ4v) is 17.6. The molecule has 2 aliphatic rings. The van der Waals surface area contributed by atoms with Crippen molar-refractivity contribution >= 4 is 79.0 Å². The average molecular weight is 1490 g/mol. The predicted octanol–water partition coefficient (Wildman–Crippen LogP) is 29.2. The molecular weight excluding hydrogens is 1370 g/mol. The van der Waals surface area contributed by atoms with Gasteiger partial charge in [0, 0.05) is 56.0 Å². The van der Waals surface area contributed by atoms with Crippen molar-refractivity contribution in [3.8, 4) is 72.4 Å². The lowest BCUT2D eigenvalue weighted by Gasteiger charge is -2.45. The Labute approximate surface area is 682 Å². The third-order valence-electron chi connectivity index (χ3n) is 24.7. The highest BCUT2D eigenvalue weighted by atomic mass is 15.2. The van der Waals surface area contributed by atoms with Gasteiger partial charge >= 0.3 is 0 Å². The first-order valence-electron chi connectivity index (χ1n) is 41.6. The van der Waals surface area contributed by atoms with Gasteiger partial charge in [-0.2, -0.15) is 0 Å². The number of fused-ring (bicyclic) bond motifs is 7. The molecule has 0 spiro atoms. The molecule has 0 bridgehead atoms. The van der Waals surface area contributed by atoms with Crippen molar-refractivity contribution in [2.24, 2.45) is 0 Å². The van der Waals surface area contributed by atoms with E-state index in [2.05, 4.69) is 447 Å². The number of benzene rings is 13. The van der Waals surface area contributed by atoms with Crippen LogP contribution in [0.1, 0.15) is 211 Å². The molecule has 0 fully saturated rings. The molecule has 4 heteroatoms. The van der Waals surface area contributed by atoms with Crippen molar-refractivity contribution < 1.29 is 0 Å². The second-order valence-corrected chi connectivity index (χ2v) is 41.3. The average Bonchev–Trinajstić information content (AvgIpc) is 0.946. The minimum absolute atomic E-state index is 0.00318. The van der Waals surface area contributed by atoms with Crippen molar-refractivity contribution in [3.05, 3.63) is 311 Å². The number of aromatic nitrogens is 1. The Morgan fingerprint density at radius 1 is 0.202 bits per heavy atom. The molecule has 0 unspecified atom stereocenters. The van der Waals surface area contributed by atoms with Crippen LogP contribution in [0.25, 0.3) is 94.3 Å². The Hall–Kier alpha value is -10.7. The van der Waals surface area contributed by atoms with Crippen LogP contribution in [0.3, 0.4) is 0 Å². The normalized spacial score (nSPS) is 13.6. The highest BCUT2D eigenvalue weighted by Gasteiger charge is 2.45. The lowest BCUT2D eigenvalue weighted by Crippen LogP contribution is -2.61. The summed E-state index contributed by atoms with van der Waals surface area (Å²) in [5, 5.41) is 2.36. The highest BCUT2D eigenvalue weighted by molar-refractivity contribution is 7.00. The first-order valence-corrected chi connectivity index (χ1v) is 41.6. The standard InChI is InChI=1S/C110H116BN3/c1-103(2,3)79-39-31-69(32-40-79)73-59-74(70-33-41-80(42-34-70)104(4,5)6)62-77(61-73)90-27-25-29-92-93-30-26-28-91(78-63-75(71-35-43-81(44-36-71)105(7,8)9)60-76(64-78)72-37-45-82(46-38-72)106(10,11)12)102(93)114(101(90)92)89-67-98-100-99(68-89)113(88-55-49-84(50-56-88)108(16,17)18)97-58-52-86(110(22,23)24)66-95(97)111(100)94-65-85(109(19,20)21)51-57-96(94)112(98)87-53-47-83(48-54-87)107(13,14)15/h25-68H,1-24H3. The Balaban J connectivity index is 1.07. The largest absolute Gasteiger partial charge is 0.311 e. The summed E-state index contributed by atoms with van der Waals surface area (Å²) >= 11 is 0. The van der Waals surface area contributed by atoms with E-state index in [9.17, 15) is 0 Å². The second-order valence-electron chi connectivity index (χ2n) is 41.3. The lowest BCUT2D eigenvalue weighted by molar-refractivity contribution is 0.590. The molecule has 14 aromatic rings. The first kappa shape index (κ1) is 77.3. The molecule has 1 aromatic heterocycles. The highest BCUT2D eigenvalue weighted by Crippen LogP contribution is 2.51. The Morgan fingerprint density at radius 2 is 0.447 bits per heavy atom. The third kappa shape index (κ3) is 14.3. The summed E-state index contributed by atoms with van der Waals surface area (Å²) in [6.07, 6.45) is 0. The second kappa shape index (κ2) is 27.5. The van der Waals surface area contributed by atoms with Crippen molar-refractivity contribution in [3.63, 3.8) is 0 Å². The summed E-state index contributed by atoms with van der Waals surface area (Å²) in [5.74, 6) is 0. The van der Waals surface area contributed by atoms with Gasteiger partial charge in [-0.05, 0) is 245 Å². The zero-order valence-electron chi connectivity index (χ0n) is 72.3. The molecule has 13 aromatic carbocycles. The maximum Gasteiger partial charge on any atom is 0.252 e. The summed E-state index contributed by atoms with van der Waals surface area (Å²) in [6.45, 7) is 55.7. The zero-order chi connectivity index (χ0) is 81.1. The minimum Gasteiger partial charge on any atom is -0.311 e. The minimum atomic E-state index is -0.134. The van der Waals surface area contributed by atoms with E-state index in [1.54, 1.807) is 0 Å². The van der Waals surface area contributed by atoms with E-state index < -0.39 is 0 Å². The van der Waals surface area contributed by atoms with Gasteiger partial charge in [0.2, 0.25) is 0 Å². The van der Waals surface area contributed by atoms with Crippen molar-refractivity contribution in [2.75, 3.05) is 9.80 Å². The fraction of sp³-hybridized carbons (Fsp3) is 0.291. The summed E-state index contributed by atoms with van der Waals surface area (Å²) in [6, 6.07) is 106. The summed E-state index contributed by atoms with van der Waals surface area (Å²) in [4.78, 5) is 5.28. The summed E-state index contributed by atoms with van der Waals surface area (Å²) in [7, 11) is 0. The molecule has 0 saturated carbocycles. The monoisotopic (exact) mass is 1490 g/mol. The molecule has 114 heavy (non-hydrogen) atoms. The van der Waals surface area contributed by atoms with Crippen molar-refractivity contribution in [1.82, 2.24) is 4.57 Å². The topological polar surface area (TPSA) is 11.4 Å². The van der Waals surface area contributed by atoms with E-state index in [-0.39, 0.29) is 50.0 Å². The van der Waals surface area contributed by atoms with Gasteiger partial charge in [0.05, 0.1) is 16.7 Å². The van der Waals surface area contributed by atoms with Crippen LogP contribution in [0.2, 0.25) is 0 Å². The van der Waals surface area contributed by atoms with E-state index >= 15 is 0 Å². The summed E-state index contributed by atoms with van der Waals surface area (Å²) < 4.78 is 2.71. The smallest absolute Gasteiger partial charge is 0.252 e. The molecule has 0 amide bonds. The van der Waals surface area contributed by atoms with E-state index in [0.29, 0.717) is 0 Å². The van der Waals surface area contributed by atoms with Gasteiger partial charge in [-0.3, -0.25) is 0 Å². The van der Waals surface area contributed by atoms with Crippen LogP contribution >= 0.6 is 0 Å². The molecule has 16 rings (SSSR count). The molecule has 0 atom stereocenters. The van der Waals surface area contributed by atoms with Gasteiger partial charge in [-0.25, -0.2) is 0 Å². The van der Waals surface area contributed by atoms with Gasteiger partial charge < -0.3 is 14.4 Å². The molecule has 3 nitrogen and oxygen atoms in total. The molecule has 0 radical (unpaired) electrons. The maximum atomic E-state index is 2.71. The quantitative estimate of drug-likeness (QED) is 0.133. The molecular formula is C110H116BN3. The number of anilines is 6. The van der Waals surface area contributed by atoms with Crippen molar-refractivity contribution in [2.45, 2.75) is 209 Å². The Morgan fingerprint density at radius 3 is 0.711 bits per heavy atom. The number of nitrogens with zero attached hydrogens (tertiary/aromatic N) is 3. The third-order valence-corrected chi connectivity index (χ3v) is 24.7. The van der Waals surface area contributed by atoms with Crippen LogP contribution < -0.4 is 26.2 Å². The Kier molecular flexibility index (Phi) is 18.7. The van der Waals surface area contributed by atoms with Crippen LogP contribution in [-0.2, 0) is 43.3 Å². The number of rotatable bonds is 9. The van der Waals surface area contributed by atoms with Crippen LogP contribution in [0.4, 0.5) is 34.1 Å². The lowest BCUT2D eigenvalue weighted by atomic mass is 9.33. The molecule has 574 valence electrons. The zero-order valence-corrected chi connectivity index (χ0v) is 72.3. The number of hydrogen-bond acceptors (Lipinski definition) is 2. The van der Waals surface area contributed by atoms with Crippen LogP contribution in [0.5, 0.6) is 0 Å². The van der Waals surface area contributed by atoms with Gasteiger partial charge in [0.1, 0.15) is 0 Å². The molecule has 0 aliphatic carbocycles. The van der Waals surface area contributed by atoms with Crippen LogP contribution in [0.15, 0.2) is 267 Å². The van der Waals surface area contributed by atoms with E-state index in [1.165, 1.54) is 128 Å². The number of hydrogen-bond donors (Lipinski definition) is 0. The molecule has 0 saturated heterocycles. The molecule has 2 aliphatic heterocycles. The van der Waals surface area contributed by atoms with Gasteiger partial charge in [0.15, 0.2) is 0 Å². The first-order chi connectivity index (χ1) is 53.5. The molecule has 0 N–H and O–H groups in total. The molecule has 3 heterocycles. The van der Waals surface area contributed by atoms with Crippen LogP contribution in [0, 0.1) is 0 Å². The van der Waals surface area contributed by atoms with Crippen molar-refractivity contribution in [1.29, 1.82) is 0 Å². The van der Waals surface area contributed by atoms with E-state index in [0.717, 1.165) is 61.7 Å². The fourth-order valence-electron chi connectivity index (χ4n) is 17.6. The van der Waals surface area contributed by atoms with E-state index in [4.69, 9.17) is 0 Å². The van der Waals surface area contributed by atoms with Gasteiger partial charge in [-0.15, -0.1) is 0 Å². The predicted molar refractivity (Wildman–Crippen MR) is 497 cm³/mol. The maximum absolute atomic E-state index is 2.71. The SMILES string of the molecule is CC(C)(C)c1ccc(-c2cc(-c3ccc(C(C)(C)C)cc3)cc(-c3cccc4c5cccc(-c6cc(-c7ccc(C(C)(C)C)cc7)cc(-c7ccc(C(C)(C)C)cc7)c6)c5n(-c5cc6c7c(c5)N(c5ccc(C(C)(C)C)cc5)c5ccc(C(C)(C)C)cc5B7c5cc(C(C)(C)C)ccc5N6c5ccc(C(C)(C)C)cc5)c34)c2)cc1. The summed E-state index contributed by atoms with van der Waals surface area (Å²) in [5.41, 5.74) is 38.3. The van der Waals surface area contributed by atoms with Gasteiger partial charge in [0.25, 0.3) is 6.71 Å². The number of para-hydroxylation sites is 2. The van der Waals surface area contributed by atoms with Gasteiger partial charge in [-0.1, -0.05) is 348 Å². The van der Waals surface area contributed by atoms with E-state index in [1.807, 2.05) is 0 Å². The Bertz CT molecular complexity index is 5520. The van der Waals surface area contributed by atoms with Crippen LogP contribution in [-0.4, -0.2) is 11.3 Å².